The summed E-state index contributed by atoms with van der Waals surface area (Å²) in [4.78, 5) is 25.7. The van der Waals surface area contributed by atoms with E-state index < -0.39 is 0 Å². The molecule has 0 aliphatic carbocycles. The lowest BCUT2D eigenvalue weighted by Gasteiger charge is -2.33. The van der Waals surface area contributed by atoms with Crippen LogP contribution in [0.25, 0.3) is 0 Å². The third kappa shape index (κ3) is 4.29. The number of piperidine rings is 2. The minimum atomic E-state index is 0.0321. The molecule has 2 saturated heterocycles. The van der Waals surface area contributed by atoms with Crippen LogP contribution >= 0.6 is 11.6 Å². The predicted molar refractivity (Wildman–Crippen MR) is 107 cm³/mol. The Kier molecular flexibility index (Phi) is 5.80. The fourth-order valence-corrected chi connectivity index (χ4v) is 4.45. The van der Waals surface area contributed by atoms with Crippen LogP contribution in [-0.4, -0.2) is 52.1 Å². The number of nitrogens with zero attached hydrogens (tertiary/aromatic N) is 5. The summed E-state index contributed by atoms with van der Waals surface area (Å²) in [6.07, 6.45) is 7.98. The normalized spacial score (nSPS) is 20.4. The highest BCUT2D eigenvalue weighted by Gasteiger charge is 2.25. The monoisotopic (exact) mass is 403 g/mol. The number of carbonyl (C=O) groups excluding carboxylic acids is 1. The molecule has 2 aromatic heterocycles. The van der Waals surface area contributed by atoms with Crippen molar-refractivity contribution in [3.8, 4) is 0 Å². The molecule has 0 radical (unpaired) electrons. The summed E-state index contributed by atoms with van der Waals surface area (Å²) >= 11 is 6.54. The van der Waals surface area contributed by atoms with Crippen molar-refractivity contribution >= 4 is 23.3 Å². The second-order valence-corrected chi connectivity index (χ2v) is 8.18. The Bertz CT molecular complexity index is 834. The van der Waals surface area contributed by atoms with E-state index in [4.69, 9.17) is 16.1 Å². The topological polar surface area (TPSA) is 75.4 Å². The molecule has 8 heteroatoms. The Morgan fingerprint density at radius 2 is 2.07 bits per heavy atom. The van der Waals surface area contributed by atoms with Crippen LogP contribution in [0, 0.1) is 12.8 Å². The van der Waals surface area contributed by atoms with E-state index in [1.165, 1.54) is 6.42 Å². The number of likely N-dealkylation sites (tertiary alicyclic amines) is 1. The van der Waals surface area contributed by atoms with E-state index in [2.05, 4.69) is 20.0 Å². The lowest BCUT2D eigenvalue weighted by atomic mass is 9.94. The summed E-state index contributed by atoms with van der Waals surface area (Å²) in [5, 5.41) is 4.55. The van der Waals surface area contributed by atoms with Crippen molar-refractivity contribution in [3.63, 3.8) is 0 Å². The molecule has 150 valence electrons. The smallest absolute Gasteiger partial charge is 0.255 e. The Labute approximate surface area is 170 Å². The van der Waals surface area contributed by atoms with Crippen LogP contribution in [0.3, 0.4) is 0 Å². The first-order valence-corrected chi connectivity index (χ1v) is 10.5. The lowest BCUT2D eigenvalue weighted by Crippen LogP contribution is -2.37. The number of hydrogen-bond acceptors (Lipinski definition) is 6. The molecule has 0 N–H and O–H groups in total. The summed E-state index contributed by atoms with van der Waals surface area (Å²) in [6.45, 7) is 5.21. The van der Waals surface area contributed by atoms with Crippen LogP contribution in [0.4, 0.5) is 5.82 Å². The van der Waals surface area contributed by atoms with Gasteiger partial charge in [-0.15, -0.1) is 0 Å². The highest BCUT2D eigenvalue weighted by Crippen LogP contribution is 2.30. The predicted octanol–water partition coefficient (Wildman–Crippen LogP) is 3.51. The Hall–Kier alpha value is -2.15. The third-order valence-electron chi connectivity index (χ3n) is 5.57. The highest BCUT2D eigenvalue weighted by atomic mass is 35.5. The molecular weight excluding hydrogens is 378 g/mol. The van der Waals surface area contributed by atoms with Crippen molar-refractivity contribution < 1.29 is 9.32 Å². The largest absolute Gasteiger partial charge is 0.355 e. The Morgan fingerprint density at radius 1 is 1.25 bits per heavy atom. The molecule has 4 rings (SSSR count). The molecule has 1 atom stereocenters. The van der Waals surface area contributed by atoms with Gasteiger partial charge in [-0.3, -0.25) is 4.79 Å². The van der Waals surface area contributed by atoms with Crippen LogP contribution < -0.4 is 4.90 Å². The van der Waals surface area contributed by atoms with E-state index in [0.717, 1.165) is 69.9 Å². The number of anilines is 1. The van der Waals surface area contributed by atoms with Gasteiger partial charge in [0.15, 0.2) is 5.82 Å². The third-order valence-corrected chi connectivity index (χ3v) is 5.85. The van der Waals surface area contributed by atoms with Crippen molar-refractivity contribution in [1.82, 2.24) is 20.0 Å². The molecule has 2 aliphatic heterocycles. The quantitative estimate of drug-likeness (QED) is 0.777. The summed E-state index contributed by atoms with van der Waals surface area (Å²) < 4.78 is 5.08. The van der Waals surface area contributed by atoms with Gasteiger partial charge in [0.25, 0.3) is 5.91 Å². The number of amides is 1. The summed E-state index contributed by atoms with van der Waals surface area (Å²) in [7, 11) is 0. The van der Waals surface area contributed by atoms with E-state index in [9.17, 15) is 4.79 Å². The molecular formula is C20H26ClN5O2. The maximum Gasteiger partial charge on any atom is 0.255 e. The molecule has 7 nitrogen and oxygen atoms in total. The minimum absolute atomic E-state index is 0.0321. The molecule has 0 spiro atoms. The summed E-state index contributed by atoms with van der Waals surface area (Å²) in [5.41, 5.74) is 0.575. The number of rotatable bonds is 4. The van der Waals surface area contributed by atoms with Gasteiger partial charge in [-0.1, -0.05) is 16.8 Å². The van der Waals surface area contributed by atoms with Crippen LogP contribution in [0.2, 0.25) is 5.02 Å². The van der Waals surface area contributed by atoms with Crippen molar-refractivity contribution in [1.29, 1.82) is 0 Å². The average molecular weight is 404 g/mol. The zero-order valence-corrected chi connectivity index (χ0v) is 17.0. The van der Waals surface area contributed by atoms with Crippen molar-refractivity contribution in [2.24, 2.45) is 5.92 Å². The van der Waals surface area contributed by atoms with Gasteiger partial charge in [0, 0.05) is 45.7 Å². The van der Waals surface area contributed by atoms with Crippen molar-refractivity contribution in [2.45, 2.75) is 45.4 Å². The molecule has 2 fully saturated rings. The van der Waals surface area contributed by atoms with Gasteiger partial charge < -0.3 is 14.3 Å². The van der Waals surface area contributed by atoms with Crippen LogP contribution in [0.1, 0.15) is 54.2 Å². The van der Waals surface area contributed by atoms with E-state index in [-0.39, 0.29) is 5.91 Å². The molecule has 2 aromatic rings. The second kappa shape index (κ2) is 8.47. The van der Waals surface area contributed by atoms with E-state index in [0.29, 0.717) is 22.4 Å². The van der Waals surface area contributed by atoms with Crippen LogP contribution in [0.5, 0.6) is 0 Å². The van der Waals surface area contributed by atoms with Gasteiger partial charge in [-0.05, 0) is 44.1 Å². The van der Waals surface area contributed by atoms with Gasteiger partial charge in [0.2, 0.25) is 5.89 Å². The van der Waals surface area contributed by atoms with Gasteiger partial charge >= 0.3 is 0 Å². The van der Waals surface area contributed by atoms with Gasteiger partial charge in [-0.25, -0.2) is 4.98 Å². The van der Waals surface area contributed by atoms with Crippen molar-refractivity contribution in [2.75, 3.05) is 31.1 Å². The van der Waals surface area contributed by atoms with Crippen LogP contribution in [-0.2, 0) is 6.42 Å². The molecule has 28 heavy (non-hydrogen) atoms. The maximum absolute atomic E-state index is 12.7. The van der Waals surface area contributed by atoms with Gasteiger partial charge in [-0.2, -0.15) is 4.98 Å². The molecule has 2 aliphatic rings. The molecule has 0 bridgehead atoms. The number of aromatic nitrogens is 3. The highest BCUT2D eigenvalue weighted by molar-refractivity contribution is 6.33. The first-order chi connectivity index (χ1) is 13.6. The Morgan fingerprint density at radius 3 is 2.79 bits per heavy atom. The lowest BCUT2D eigenvalue weighted by molar-refractivity contribution is 0.0724. The second-order valence-electron chi connectivity index (χ2n) is 7.77. The Balaban J connectivity index is 1.43. The molecule has 0 aromatic carbocycles. The van der Waals surface area contributed by atoms with Crippen molar-refractivity contribution in [3.05, 3.63) is 34.6 Å². The molecule has 1 amide bonds. The SMILES string of the molecule is Cc1nc(CC2CCCN(c3ncc(C(=O)N4CCCCC4)cc3Cl)C2)no1. The number of halogens is 1. The number of aryl methyl sites for hydroxylation is 1. The average Bonchev–Trinajstić information content (AvgIpc) is 3.12. The summed E-state index contributed by atoms with van der Waals surface area (Å²) in [6, 6.07) is 1.77. The fraction of sp³-hybridized carbons (Fsp3) is 0.600. The summed E-state index contributed by atoms with van der Waals surface area (Å²) in [5.74, 6) is 2.57. The maximum atomic E-state index is 12.7. The minimum Gasteiger partial charge on any atom is -0.355 e. The zero-order chi connectivity index (χ0) is 19.5. The standard InChI is InChI=1S/C20H26ClN5O2/c1-14-23-18(24-28-14)10-15-6-5-9-26(13-15)19-17(21)11-16(12-22-19)20(27)25-7-3-2-4-8-25/h11-12,15H,2-10,13H2,1H3. The first kappa shape index (κ1) is 19.2. The van der Waals surface area contributed by atoms with Gasteiger partial charge in [0.1, 0.15) is 5.82 Å². The zero-order valence-electron chi connectivity index (χ0n) is 16.2. The fourth-order valence-electron chi connectivity index (χ4n) is 4.17. The van der Waals surface area contributed by atoms with Gasteiger partial charge in [0.05, 0.1) is 10.6 Å². The first-order valence-electron chi connectivity index (χ1n) is 10.1. The van der Waals surface area contributed by atoms with Crippen LogP contribution in [0.15, 0.2) is 16.8 Å². The van der Waals surface area contributed by atoms with E-state index >= 15 is 0 Å². The molecule has 1 unspecified atom stereocenters. The molecule has 0 saturated carbocycles. The van der Waals surface area contributed by atoms with E-state index in [1.54, 1.807) is 19.2 Å². The van der Waals surface area contributed by atoms with E-state index in [1.807, 2.05) is 4.90 Å². The number of hydrogen-bond donors (Lipinski definition) is 0. The number of carbonyl (C=O) groups is 1. The number of pyridine rings is 1. The molecule has 4 heterocycles.